The van der Waals surface area contributed by atoms with Gasteiger partial charge in [0, 0.05) is 29.9 Å². The van der Waals surface area contributed by atoms with Gasteiger partial charge in [-0.3, -0.25) is 9.59 Å². The molecule has 1 aliphatic rings. The zero-order valence-electron chi connectivity index (χ0n) is 12.9. The predicted molar refractivity (Wildman–Crippen MR) is 84.6 cm³/mol. The molecule has 1 fully saturated rings. The Morgan fingerprint density at radius 3 is 2.39 bits per heavy atom. The average molecular weight is 314 g/mol. The Balaban J connectivity index is 1.66. The van der Waals surface area contributed by atoms with E-state index in [4.69, 9.17) is 9.15 Å². The Labute approximate surface area is 134 Å². The number of aryl methyl sites for hydroxylation is 1. The summed E-state index contributed by atoms with van der Waals surface area (Å²) >= 11 is 0. The third kappa shape index (κ3) is 3.43. The van der Waals surface area contributed by atoms with Gasteiger partial charge in [0.25, 0.3) is 11.8 Å². The van der Waals surface area contributed by atoms with E-state index in [1.807, 2.05) is 6.92 Å². The lowest BCUT2D eigenvalue weighted by atomic mass is 10.1. The lowest BCUT2D eigenvalue weighted by Gasteiger charge is -2.26. The Hall–Kier alpha value is -2.60. The quantitative estimate of drug-likeness (QED) is 0.943. The smallest absolute Gasteiger partial charge is 0.291 e. The maximum atomic E-state index is 12.3. The average Bonchev–Trinajstić information content (AvgIpc) is 3.02. The van der Waals surface area contributed by atoms with Crippen molar-refractivity contribution < 1.29 is 18.7 Å². The van der Waals surface area contributed by atoms with Gasteiger partial charge in [-0.15, -0.1) is 0 Å². The molecular weight excluding hydrogens is 296 g/mol. The van der Waals surface area contributed by atoms with Crippen molar-refractivity contribution in [3.05, 3.63) is 53.5 Å². The molecule has 2 aromatic rings. The molecule has 23 heavy (non-hydrogen) atoms. The monoisotopic (exact) mass is 314 g/mol. The maximum absolute atomic E-state index is 12.3. The molecule has 6 nitrogen and oxygen atoms in total. The van der Waals surface area contributed by atoms with Crippen LogP contribution in [0.3, 0.4) is 0 Å². The van der Waals surface area contributed by atoms with E-state index in [1.165, 1.54) is 6.26 Å². The van der Waals surface area contributed by atoms with E-state index in [-0.39, 0.29) is 11.8 Å². The number of morpholine rings is 1. The third-order valence-electron chi connectivity index (χ3n) is 3.76. The Kier molecular flexibility index (Phi) is 4.43. The van der Waals surface area contributed by atoms with Crippen molar-refractivity contribution in [3.63, 3.8) is 0 Å². The highest BCUT2D eigenvalue weighted by molar-refractivity contribution is 6.03. The van der Waals surface area contributed by atoms with E-state index < -0.39 is 0 Å². The molecular formula is C17H18N2O4. The summed E-state index contributed by atoms with van der Waals surface area (Å²) in [7, 11) is 0. The number of nitrogens with one attached hydrogen (secondary N) is 1. The van der Waals surface area contributed by atoms with Crippen LogP contribution in [0.15, 0.2) is 41.0 Å². The lowest BCUT2D eigenvalue weighted by Crippen LogP contribution is -2.40. The molecule has 1 saturated heterocycles. The van der Waals surface area contributed by atoms with E-state index in [0.29, 0.717) is 43.3 Å². The van der Waals surface area contributed by atoms with Crippen LogP contribution in [0.25, 0.3) is 0 Å². The van der Waals surface area contributed by atoms with Crippen LogP contribution in [-0.2, 0) is 4.74 Å². The summed E-state index contributed by atoms with van der Waals surface area (Å²) in [5.41, 5.74) is 1.99. The van der Waals surface area contributed by atoms with E-state index in [9.17, 15) is 9.59 Å². The van der Waals surface area contributed by atoms with Gasteiger partial charge in [0.05, 0.1) is 19.5 Å². The van der Waals surface area contributed by atoms with E-state index in [0.717, 1.165) is 5.56 Å². The van der Waals surface area contributed by atoms with Crippen LogP contribution in [-0.4, -0.2) is 43.0 Å². The molecule has 0 atom stereocenters. The van der Waals surface area contributed by atoms with Crippen LogP contribution in [0.2, 0.25) is 0 Å². The molecule has 3 rings (SSSR count). The largest absolute Gasteiger partial charge is 0.459 e. The van der Waals surface area contributed by atoms with Crippen LogP contribution in [0.1, 0.15) is 26.5 Å². The van der Waals surface area contributed by atoms with Crippen molar-refractivity contribution in [1.82, 2.24) is 4.90 Å². The number of amides is 2. The summed E-state index contributed by atoms with van der Waals surface area (Å²) < 4.78 is 10.4. The first-order valence-corrected chi connectivity index (χ1v) is 7.47. The summed E-state index contributed by atoms with van der Waals surface area (Å²) in [6, 6.07) is 8.58. The molecule has 0 radical (unpaired) electrons. The first-order valence-electron chi connectivity index (χ1n) is 7.47. The molecule has 0 saturated carbocycles. The molecule has 0 aliphatic carbocycles. The number of carbonyl (C=O) groups excluding carboxylic acids is 2. The van der Waals surface area contributed by atoms with Crippen molar-refractivity contribution in [2.45, 2.75) is 6.92 Å². The minimum atomic E-state index is -0.306. The Bertz CT molecular complexity index is 700. The minimum Gasteiger partial charge on any atom is -0.459 e. The van der Waals surface area contributed by atoms with Gasteiger partial charge in [0.15, 0.2) is 5.76 Å². The fraction of sp³-hybridized carbons (Fsp3) is 0.294. The topological polar surface area (TPSA) is 71.8 Å². The Morgan fingerprint density at radius 1 is 1.09 bits per heavy atom. The fourth-order valence-electron chi connectivity index (χ4n) is 2.44. The van der Waals surface area contributed by atoms with Crippen LogP contribution < -0.4 is 5.32 Å². The number of carbonyl (C=O) groups is 2. The number of hydrogen-bond acceptors (Lipinski definition) is 4. The van der Waals surface area contributed by atoms with Gasteiger partial charge in [-0.1, -0.05) is 0 Å². The normalized spacial score (nSPS) is 14.6. The second-order valence-corrected chi connectivity index (χ2v) is 5.37. The molecule has 0 unspecified atom stereocenters. The van der Waals surface area contributed by atoms with Gasteiger partial charge in [-0.25, -0.2) is 0 Å². The van der Waals surface area contributed by atoms with Gasteiger partial charge in [0.1, 0.15) is 0 Å². The number of rotatable bonds is 3. The second-order valence-electron chi connectivity index (χ2n) is 5.37. The number of nitrogens with zero attached hydrogens (tertiary/aromatic N) is 1. The molecule has 1 aromatic heterocycles. The van der Waals surface area contributed by atoms with E-state index in [1.54, 1.807) is 35.2 Å². The predicted octanol–water partition coefficient (Wildman–Crippen LogP) is 2.31. The maximum Gasteiger partial charge on any atom is 0.291 e. The highest BCUT2D eigenvalue weighted by Crippen LogP contribution is 2.15. The van der Waals surface area contributed by atoms with Gasteiger partial charge in [0.2, 0.25) is 0 Å². The number of ether oxygens (including phenoxy) is 1. The molecule has 0 spiro atoms. The van der Waals surface area contributed by atoms with Crippen LogP contribution >= 0.6 is 0 Å². The SMILES string of the molecule is Cc1ccoc1C(=O)Nc1ccc(C(=O)N2CCOCC2)cc1. The first-order chi connectivity index (χ1) is 11.1. The van der Waals surface area contributed by atoms with Crippen molar-refractivity contribution >= 4 is 17.5 Å². The van der Waals surface area contributed by atoms with Crippen LogP contribution in [0.4, 0.5) is 5.69 Å². The molecule has 1 aromatic carbocycles. The summed E-state index contributed by atoms with van der Waals surface area (Å²) in [5.74, 6) is -0.0359. The number of anilines is 1. The zero-order valence-corrected chi connectivity index (χ0v) is 12.9. The molecule has 0 bridgehead atoms. The standard InChI is InChI=1S/C17H18N2O4/c1-12-6-9-23-15(12)16(20)18-14-4-2-13(3-5-14)17(21)19-7-10-22-11-8-19/h2-6,9H,7-8,10-11H2,1H3,(H,18,20). The fourth-order valence-corrected chi connectivity index (χ4v) is 2.44. The third-order valence-corrected chi connectivity index (χ3v) is 3.76. The number of furan rings is 1. The molecule has 1 aliphatic heterocycles. The number of hydrogen-bond donors (Lipinski definition) is 1. The van der Waals surface area contributed by atoms with Gasteiger partial charge >= 0.3 is 0 Å². The van der Waals surface area contributed by atoms with Gasteiger partial charge in [-0.05, 0) is 37.3 Å². The highest BCUT2D eigenvalue weighted by Gasteiger charge is 2.18. The highest BCUT2D eigenvalue weighted by atomic mass is 16.5. The minimum absolute atomic E-state index is 0.0203. The number of benzene rings is 1. The van der Waals surface area contributed by atoms with Gasteiger partial charge in [-0.2, -0.15) is 0 Å². The van der Waals surface area contributed by atoms with Crippen molar-refractivity contribution in [3.8, 4) is 0 Å². The van der Waals surface area contributed by atoms with Gasteiger partial charge < -0.3 is 19.4 Å². The molecule has 1 N–H and O–H groups in total. The van der Waals surface area contributed by atoms with Crippen LogP contribution in [0, 0.1) is 6.92 Å². The van der Waals surface area contributed by atoms with Crippen LogP contribution in [0.5, 0.6) is 0 Å². The molecule has 2 amide bonds. The second kappa shape index (κ2) is 6.66. The zero-order chi connectivity index (χ0) is 16.2. The lowest BCUT2D eigenvalue weighted by molar-refractivity contribution is 0.0303. The van der Waals surface area contributed by atoms with Crippen molar-refractivity contribution in [2.24, 2.45) is 0 Å². The van der Waals surface area contributed by atoms with Crippen molar-refractivity contribution in [1.29, 1.82) is 0 Å². The summed E-state index contributed by atoms with van der Waals surface area (Å²) in [4.78, 5) is 26.2. The van der Waals surface area contributed by atoms with Crippen molar-refractivity contribution in [2.75, 3.05) is 31.6 Å². The molecule has 6 heteroatoms. The summed E-state index contributed by atoms with van der Waals surface area (Å²) in [5, 5.41) is 2.75. The first kappa shape index (κ1) is 15.3. The molecule has 120 valence electrons. The molecule has 2 heterocycles. The summed E-state index contributed by atoms with van der Waals surface area (Å²) in [6.07, 6.45) is 1.48. The summed E-state index contributed by atoms with van der Waals surface area (Å²) in [6.45, 7) is 4.16. The van der Waals surface area contributed by atoms with E-state index in [2.05, 4.69) is 5.32 Å². The van der Waals surface area contributed by atoms with E-state index >= 15 is 0 Å². The Morgan fingerprint density at radius 2 is 1.78 bits per heavy atom.